The molecular formula is C14H27N. The fourth-order valence-electron chi connectivity index (χ4n) is 3.79. The molecule has 15 heavy (non-hydrogen) atoms. The molecule has 1 saturated heterocycles. The lowest BCUT2D eigenvalue weighted by Crippen LogP contribution is -2.46. The highest BCUT2D eigenvalue weighted by atomic mass is 14.9. The maximum Gasteiger partial charge on any atom is -0.00152 e. The average molecular weight is 209 g/mol. The third kappa shape index (κ3) is 2.38. The minimum atomic E-state index is 0.744. The van der Waals surface area contributed by atoms with Crippen LogP contribution in [0.2, 0.25) is 0 Å². The highest BCUT2D eigenvalue weighted by Gasteiger charge is 2.41. The van der Waals surface area contributed by atoms with Crippen molar-refractivity contribution in [2.75, 3.05) is 13.1 Å². The molecule has 1 saturated carbocycles. The van der Waals surface area contributed by atoms with Crippen molar-refractivity contribution in [1.82, 2.24) is 5.32 Å². The van der Waals surface area contributed by atoms with Gasteiger partial charge in [0.05, 0.1) is 0 Å². The SMILES string of the molecule is CCCC1CNCCC12CCC(C)CC2. The Morgan fingerprint density at radius 3 is 2.60 bits per heavy atom. The zero-order valence-corrected chi connectivity index (χ0v) is 10.5. The Hall–Kier alpha value is -0.0400. The zero-order chi connectivity index (χ0) is 10.7. The van der Waals surface area contributed by atoms with E-state index in [2.05, 4.69) is 19.2 Å². The highest BCUT2D eigenvalue weighted by Crippen LogP contribution is 2.49. The molecule has 2 fully saturated rings. The van der Waals surface area contributed by atoms with E-state index in [4.69, 9.17) is 0 Å². The van der Waals surface area contributed by atoms with Gasteiger partial charge in [-0.05, 0) is 56.0 Å². The smallest absolute Gasteiger partial charge is 0.00152 e. The Morgan fingerprint density at radius 2 is 1.93 bits per heavy atom. The normalized spacial score (nSPS) is 42.0. The summed E-state index contributed by atoms with van der Waals surface area (Å²) in [5, 5.41) is 3.60. The van der Waals surface area contributed by atoms with Gasteiger partial charge in [0.2, 0.25) is 0 Å². The summed E-state index contributed by atoms with van der Waals surface area (Å²) in [6.07, 6.45) is 10.3. The van der Waals surface area contributed by atoms with Gasteiger partial charge in [-0.1, -0.05) is 33.1 Å². The molecule has 88 valence electrons. The number of rotatable bonds is 2. The van der Waals surface area contributed by atoms with Crippen molar-refractivity contribution < 1.29 is 0 Å². The number of hydrogen-bond acceptors (Lipinski definition) is 1. The monoisotopic (exact) mass is 209 g/mol. The first-order chi connectivity index (χ1) is 7.27. The van der Waals surface area contributed by atoms with E-state index >= 15 is 0 Å². The van der Waals surface area contributed by atoms with E-state index in [0.717, 1.165) is 17.3 Å². The number of hydrogen-bond donors (Lipinski definition) is 1. The summed E-state index contributed by atoms with van der Waals surface area (Å²) in [5.41, 5.74) is 0.744. The first-order valence-corrected chi connectivity index (χ1v) is 6.97. The summed E-state index contributed by atoms with van der Waals surface area (Å²) < 4.78 is 0. The van der Waals surface area contributed by atoms with Crippen LogP contribution in [0.1, 0.15) is 58.8 Å². The van der Waals surface area contributed by atoms with Crippen LogP contribution in [-0.4, -0.2) is 13.1 Å². The van der Waals surface area contributed by atoms with Crippen molar-refractivity contribution in [2.24, 2.45) is 17.3 Å². The van der Waals surface area contributed by atoms with Gasteiger partial charge in [-0.25, -0.2) is 0 Å². The first-order valence-electron chi connectivity index (χ1n) is 6.97. The molecule has 1 atom stereocenters. The minimum Gasteiger partial charge on any atom is -0.316 e. The lowest BCUT2D eigenvalue weighted by Gasteiger charge is -2.48. The second-order valence-corrected chi connectivity index (χ2v) is 5.98. The Bertz CT molecular complexity index is 190. The van der Waals surface area contributed by atoms with Crippen LogP contribution in [0.25, 0.3) is 0 Å². The van der Waals surface area contributed by atoms with Crippen molar-refractivity contribution in [3.05, 3.63) is 0 Å². The molecule has 0 amide bonds. The maximum atomic E-state index is 3.60. The van der Waals surface area contributed by atoms with Crippen LogP contribution in [0.5, 0.6) is 0 Å². The predicted octanol–water partition coefficient (Wildman–Crippen LogP) is 3.59. The molecule has 0 radical (unpaired) electrons. The first kappa shape index (κ1) is 11.4. The molecule has 1 nitrogen and oxygen atoms in total. The van der Waals surface area contributed by atoms with Crippen LogP contribution in [0.4, 0.5) is 0 Å². The lowest BCUT2D eigenvalue weighted by molar-refractivity contribution is 0.0386. The largest absolute Gasteiger partial charge is 0.316 e. The molecule has 1 aliphatic heterocycles. The summed E-state index contributed by atoms with van der Waals surface area (Å²) in [5.74, 6) is 1.97. The van der Waals surface area contributed by atoms with Crippen molar-refractivity contribution in [1.29, 1.82) is 0 Å². The molecule has 0 aromatic rings. The Labute approximate surface area is 95.0 Å². The van der Waals surface area contributed by atoms with Crippen LogP contribution in [0.15, 0.2) is 0 Å². The molecular weight excluding hydrogens is 182 g/mol. The topological polar surface area (TPSA) is 12.0 Å². The minimum absolute atomic E-state index is 0.744. The molecule has 1 spiro atoms. The van der Waals surface area contributed by atoms with Gasteiger partial charge in [-0.15, -0.1) is 0 Å². The van der Waals surface area contributed by atoms with Crippen LogP contribution >= 0.6 is 0 Å². The average Bonchev–Trinajstić information content (AvgIpc) is 2.26. The number of nitrogens with one attached hydrogen (secondary N) is 1. The summed E-state index contributed by atoms with van der Waals surface area (Å²) >= 11 is 0. The molecule has 1 aliphatic carbocycles. The van der Waals surface area contributed by atoms with E-state index in [0.29, 0.717) is 0 Å². The Morgan fingerprint density at radius 1 is 1.20 bits per heavy atom. The fraction of sp³-hybridized carbons (Fsp3) is 1.00. The second-order valence-electron chi connectivity index (χ2n) is 5.98. The fourth-order valence-corrected chi connectivity index (χ4v) is 3.79. The molecule has 0 bridgehead atoms. The predicted molar refractivity (Wildman–Crippen MR) is 65.9 cm³/mol. The Kier molecular flexibility index (Phi) is 3.71. The molecule has 1 unspecified atom stereocenters. The van der Waals surface area contributed by atoms with Crippen LogP contribution in [0.3, 0.4) is 0 Å². The molecule has 2 aliphatic rings. The van der Waals surface area contributed by atoms with E-state index in [1.54, 1.807) is 0 Å². The summed E-state index contributed by atoms with van der Waals surface area (Å²) in [6.45, 7) is 7.34. The van der Waals surface area contributed by atoms with Crippen molar-refractivity contribution >= 4 is 0 Å². The maximum absolute atomic E-state index is 3.60. The molecule has 1 N–H and O–H groups in total. The van der Waals surface area contributed by atoms with Gasteiger partial charge in [-0.3, -0.25) is 0 Å². The third-order valence-corrected chi connectivity index (χ3v) is 4.96. The summed E-state index contributed by atoms with van der Waals surface area (Å²) in [6, 6.07) is 0. The van der Waals surface area contributed by atoms with Gasteiger partial charge in [-0.2, -0.15) is 0 Å². The lowest BCUT2D eigenvalue weighted by atomic mass is 9.60. The summed E-state index contributed by atoms with van der Waals surface area (Å²) in [4.78, 5) is 0. The van der Waals surface area contributed by atoms with E-state index in [1.165, 1.54) is 58.0 Å². The van der Waals surface area contributed by atoms with Gasteiger partial charge < -0.3 is 5.32 Å². The van der Waals surface area contributed by atoms with Crippen molar-refractivity contribution in [2.45, 2.75) is 58.8 Å². The van der Waals surface area contributed by atoms with E-state index in [9.17, 15) is 0 Å². The molecule has 1 heteroatoms. The van der Waals surface area contributed by atoms with Gasteiger partial charge >= 0.3 is 0 Å². The zero-order valence-electron chi connectivity index (χ0n) is 10.5. The third-order valence-electron chi connectivity index (χ3n) is 4.96. The van der Waals surface area contributed by atoms with E-state index in [1.807, 2.05) is 0 Å². The van der Waals surface area contributed by atoms with Crippen molar-refractivity contribution in [3.63, 3.8) is 0 Å². The quantitative estimate of drug-likeness (QED) is 0.733. The highest BCUT2D eigenvalue weighted by molar-refractivity contribution is 4.94. The van der Waals surface area contributed by atoms with Crippen LogP contribution in [-0.2, 0) is 0 Å². The standard InChI is InChI=1S/C14H27N/c1-3-4-13-11-15-10-9-14(13)7-5-12(2)6-8-14/h12-13,15H,3-11H2,1-2H3. The second kappa shape index (κ2) is 4.86. The summed E-state index contributed by atoms with van der Waals surface area (Å²) in [7, 11) is 0. The van der Waals surface area contributed by atoms with Gasteiger partial charge in [0, 0.05) is 0 Å². The van der Waals surface area contributed by atoms with E-state index < -0.39 is 0 Å². The van der Waals surface area contributed by atoms with Gasteiger partial charge in [0.25, 0.3) is 0 Å². The van der Waals surface area contributed by atoms with Gasteiger partial charge in [0.15, 0.2) is 0 Å². The number of piperidine rings is 1. The van der Waals surface area contributed by atoms with E-state index in [-0.39, 0.29) is 0 Å². The molecule has 0 aromatic carbocycles. The van der Waals surface area contributed by atoms with Crippen LogP contribution < -0.4 is 5.32 Å². The molecule has 1 heterocycles. The molecule has 0 aromatic heterocycles. The Balaban J connectivity index is 2.01. The van der Waals surface area contributed by atoms with Crippen LogP contribution in [0, 0.1) is 17.3 Å². The van der Waals surface area contributed by atoms with Gasteiger partial charge in [0.1, 0.15) is 0 Å². The van der Waals surface area contributed by atoms with Crippen molar-refractivity contribution in [3.8, 4) is 0 Å². The molecule has 2 rings (SSSR count).